The molecule has 0 bridgehead atoms. The Morgan fingerprint density at radius 3 is 2.38 bits per heavy atom. The average molecular weight is 570 g/mol. The van der Waals surface area contributed by atoms with Crippen LogP contribution in [0.3, 0.4) is 0 Å². The van der Waals surface area contributed by atoms with Crippen molar-refractivity contribution in [3.8, 4) is 0 Å². The summed E-state index contributed by atoms with van der Waals surface area (Å²) in [6, 6.07) is 20.8. The Morgan fingerprint density at radius 1 is 0.919 bits per heavy atom. The minimum absolute atomic E-state index is 0.0256. The number of carbonyl (C=O) groups is 2. The van der Waals surface area contributed by atoms with Crippen molar-refractivity contribution in [3.05, 3.63) is 88.8 Å². The molecule has 3 amide bonds. The quantitative estimate of drug-likeness (QED) is 0.369. The van der Waals surface area contributed by atoms with Gasteiger partial charge in [0, 0.05) is 42.9 Å². The van der Waals surface area contributed by atoms with Crippen LogP contribution in [-0.2, 0) is 22.5 Å². The number of ether oxygens (including phenoxy) is 1. The molecule has 37 heavy (non-hydrogen) atoms. The molecule has 1 aromatic heterocycles. The van der Waals surface area contributed by atoms with Crippen molar-refractivity contribution in [2.45, 2.75) is 13.0 Å². The number of morpholine rings is 1. The van der Waals surface area contributed by atoms with Gasteiger partial charge in [-0.1, -0.05) is 46.3 Å². The number of hydrogen-bond donors (Lipinski definition) is 1. The molecule has 9 heteroatoms. The van der Waals surface area contributed by atoms with Crippen molar-refractivity contribution in [1.29, 1.82) is 0 Å². The van der Waals surface area contributed by atoms with E-state index in [0.29, 0.717) is 57.3 Å². The third-order valence-electron chi connectivity index (χ3n) is 6.29. The van der Waals surface area contributed by atoms with E-state index < -0.39 is 0 Å². The van der Waals surface area contributed by atoms with Gasteiger partial charge in [0.25, 0.3) is 0 Å². The van der Waals surface area contributed by atoms with Crippen molar-refractivity contribution >= 4 is 33.6 Å². The predicted octanol–water partition coefficient (Wildman–Crippen LogP) is 4.48. The largest absolute Gasteiger partial charge is 0.467 e. The fourth-order valence-electron chi connectivity index (χ4n) is 4.13. The van der Waals surface area contributed by atoms with Gasteiger partial charge in [-0.15, -0.1) is 0 Å². The molecule has 1 saturated heterocycles. The number of urea groups is 1. The smallest absolute Gasteiger partial charge is 0.322 e. The number of carbonyl (C=O) groups excluding carboxylic acids is 2. The maximum absolute atomic E-state index is 13.6. The normalized spacial score (nSPS) is 13.8. The fraction of sp³-hybridized carbons (Fsp3) is 0.357. The fourth-order valence-corrected chi connectivity index (χ4v) is 4.39. The van der Waals surface area contributed by atoms with Crippen molar-refractivity contribution in [3.63, 3.8) is 0 Å². The van der Waals surface area contributed by atoms with Crippen molar-refractivity contribution in [2.75, 3.05) is 57.8 Å². The predicted molar refractivity (Wildman–Crippen MR) is 146 cm³/mol. The Balaban J connectivity index is 1.45. The van der Waals surface area contributed by atoms with Crippen LogP contribution >= 0.6 is 15.9 Å². The number of halogens is 1. The minimum atomic E-state index is -0.301. The van der Waals surface area contributed by atoms with Gasteiger partial charge in [0.2, 0.25) is 5.91 Å². The van der Waals surface area contributed by atoms with E-state index in [1.54, 1.807) is 16.1 Å². The molecule has 0 aliphatic carbocycles. The van der Waals surface area contributed by atoms with E-state index in [4.69, 9.17) is 9.15 Å². The van der Waals surface area contributed by atoms with Crippen LogP contribution in [-0.4, -0.2) is 79.1 Å². The molecular weight excluding hydrogens is 536 g/mol. The summed E-state index contributed by atoms with van der Waals surface area (Å²) in [6.07, 6.45) is 2.32. The summed E-state index contributed by atoms with van der Waals surface area (Å²) in [6.45, 7) is 4.95. The standard InChI is InChI=1S/C28H33BrN4O4/c29-24-8-10-25(11-9-24)30-28(35)33(15-14-31-16-19-36-20-17-31)22-27(34)32(21-26-7-4-18-37-26)13-12-23-5-2-1-3-6-23/h1-11,18H,12-17,19-22H2,(H,30,35). The van der Waals surface area contributed by atoms with E-state index in [1.807, 2.05) is 54.6 Å². The summed E-state index contributed by atoms with van der Waals surface area (Å²) in [5.41, 5.74) is 1.82. The van der Waals surface area contributed by atoms with E-state index in [1.165, 1.54) is 0 Å². The monoisotopic (exact) mass is 568 g/mol. The summed E-state index contributed by atoms with van der Waals surface area (Å²) in [5.74, 6) is 0.584. The molecule has 0 saturated carbocycles. The number of furan rings is 1. The lowest BCUT2D eigenvalue weighted by Gasteiger charge is -2.31. The van der Waals surface area contributed by atoms with Crippen LogP contribution in [0, 0.1) is 0 Å². The molecule has 0 atom stereocenters. The number of amides is 3. The maximum atomic E-state index is 13.6. The molecule has 8 nitrogen and oxygen atoms in total. The van der Waals surface area contributed by atoms with E-state index in [9.17, 15) is 9.59 Å². The van der Waals surface area contributed by atoms with Crippen molar-refractivity contribution in [1.82, 2.24) is 14.7 Å². The molecule has 1 aliphatic rings. The molecule has 0 spiro atoms. The highest BCUT2D eigenvalue weighted by Gasteiger charge is 2.23. The highest BCUT2D eigenvalue weighted by Crippen LogP contribution is 2.15. The van der Waals surface area contributed by atoms with Gasteiger partial charge in [0.05, 0.1) is 26.0 Å². The van der Waals surface area contributed by atoms with Crippen molar-refractivity contribution in [2.24, 2.45) is 0 Å². The van der Waals surface area contributed by atoms with Crippen LogP contribution in [0.1, 0.15) is 11.3 Å². The Labute approximate surface area is 226 Å². The van der Waals surface area contributed by atoms with Gasteiger partial charge in [-0.2, -0.15) is 0 Å². The Bertz CT molecular complexity index is 1100. The lowest BCUT2D eigenvalue weighted by Crippen LogP contribution is -2.48. The Morgan fingerprint density at radius 2 is 1.68 bits per heavy atom. The third-order valence-corrected chi connectivity index (χ3v) is 6.82. The molecular formula is C28H33BrN4O4. The number of hydrogen-bond acceptors (Lipinski definition) is 5. The van der Waals surface area contributed by atoms with Crippen LogP contribution in [0.15, 0.2) is 81.9 Å². The molecule has 1 N–H and O–H groups in total. The first-order valence-corrected chi connectivity index (χ1v) is 13.3. The molecule has 196 valence electrons. The first kappa shape index (κ1) is 26.9. The van der Waals surface area contributed by atoms with Gasteiger partial charge < -0.3 is 24.3 Å². The molecule has 3 aromatic rings. The number of benzene rings is 2. The Kier molecular flexibility index (Phi) is 10.2. The summed E-state index contributed by atoms with van der Waals surface area (Å²) >= 11 is 3.42. The highest BCUT2D eigenvalue weighted by atomic mass is 79.9. The van der Waals surface area contributed by atoms with Crippen LogP contribution in [0.25, 0.3) is 0 Å². The Hall–Kier alpha value is -3.14. The molecule has 1 fully saturated rings. The summed E-state index contributed by atoms with van der Waals surface area (Å²) < 4.78 is 11.9. The van der Waals surface area contributed by atoms with Gasteiger partial charge in [-0.3, -0.25) is 9.69 Å². The summed E-state index contributed by atoms with van der Waals surface area (Å²) in [4.78, 5) is 32.5. The van der Waals surface area contributed by atoms with Gasteiger partial charge in [-0.05, 0) is 48.4 Å². The topological polar surface area (TPSA) is 78.3 Å². The average Bonchev–Trinajstić information content (AvgIpc) is 3.44. The highest BCUT2D eigenvalue weighted by molar-refractivity contribution is 9.10. The van der Waals surface area contributed by atoms with E-state index >= 15 is 0 Å². The molecule has 4 rings (SSSR count). The summed E-state index contributed by atoms with van der Waals surface area (Å²) in [7, 11) is 0. The molecule has 2 aromatic carbocycles. The zero-order chi connectivity index (χ0) is 25.9. The van der Waals surface area contributed by atoms with Crippen LogP contribution < -0.4 is 5.32 Å². The van der Waals surface area contributed by atoms with Crippen molar-refractivity contribution < 1.29 is 18.7 Å². The second-order valence-electron chi connectivity index (χ2n) is 8.94. The van der Waals surface area contributed by atoms with Gasteiger partial charge in [0.15, 0.2) is 0 Å². The second kappa shape index (κ2) is 14.0. The van der Waals surface area contributed by atoms with Crippen LogP contribution in [0.2, 0.25) is 0 Å². The summed E-state index contributed by atoms with van der Waals surface area (Å²) in [5, 5.41) is 2.94. The molecule has 0 radical (unpaired) electrons. The minimum Gasteiger partial charge on any atom is -0.467 e. The first-order valence-electron chi connectivity index (χ1n) is 12.5. The first-order chi connectivity index (χ1) is 18.1. The number of nitrogens with one attached hydrogen (secondary N) is 1. The number of anilines is 1. The van der Waals surface area contributed by atoms with Gasteiger partial charge in [0.1, 0.15) is 12.3 Å². The third kappa shape index (κ3) is 8.73. The van der Waals surface area contributed by atoms with E-state index in [-0.39, 0.29) is 18.5 Å². The number of rotatable bonds is 11. The zero-order valence-electron chi connectivity index (χ0n) is 20.9. The lowest BCUT2D eigenvalue weighted by atomic mass is 10.1. The van der Waals surface area contributed by atoms with E-state index in [2.05, 4.69) is 38.3 Å². The van der Waals surface area contributed by atoms with Gasteiger partial charge >= 0.3 is 6.03 Å². The van der Waals surface area contributed by atoms with Crippen LogP contribution in [0.5, 0.6) is 0 Å². The molecule has 2 heterocycles. The lowest BCUT2D eigenvalue weighted by molar-refractivity contribution is -0.132. The maximum Gasteiger partial charge on any atom is 0.322 e. The SMILES string of the molecule is O=C(CN(CCN1CCOCC1)C(=O)Nc1ccc(Br)cc1)N(CCc1ccccc1)Cc1ccco1. The van der Waals surface area contributed by atoms with E-state index in [0.717, 1.165) is 23.1 Å². The van der Waals surface area contributed by atoms with Gasteiger partial charge in [-0.25, -0.2) is 4.79 Å². The molecule has 1 aliphatic heterocycles. The molecule has 0 unspecified atom stereocenters. The zero-order valence-corrected chi connectivity index (χ0v) is 22.4. The second-order valence-corrected chi connectivity index (χ2v) is 9.86. The number of nitrogens with zero attached hydrogens (tertiary/aromatic N) is 3. The van der Waals surface area contributed by atoms with Crippen LogP contribution in [0.4, 0.5) is 10.5 Å².